The Morgan fingerprint density at radius 2 is 2.03 bits per heavy atom. The van der Waals surface area contributed by atoms with E-state index in [4.69, 9.17) is 9.15 Å². The molecule has 0 spiro atoms. The largest absolute Gasteiger partial charge is 0.451 e. The molecule has 1 aliphatic carbocycles. The average molecular weight is 467 g/mol. The van der Waals surface area contributed by atoms with Crippen molar-refractivity contribution < 1.29 is 18.7 Å². The third kappa shape index (κ3) is 4.32. The van der Waals surface area contributed by atoms with E-state index in [-0.39, 0.29) is 23.2 Å². The molecule has 2 aromatic heterocycles. The summed E-state index contributed by atoms with van der Waals surface area (Å²) in [4.78, 5) is 39.8. The molecular formula is C25H26N2O5S. The van der Waals surface area contributed by atoms with Gasteiger partial charge in [-0.1, -0.05) is 13.0 Å². The predicted octanol–water partition coefficient (Wildman–Crippen LogP) is 4.07. The van der Waals surface area contributed by atoms with Crippen LogP contribution < -0.4 is 16.1 Å². The number of hydrogen-bond donors (Lipinski definition) is 2. The molecule has 0 saturated carbocycles. The quantitative estimate of drug-likeness (QED) is 0.571. The lowest BCUT2D eigenvalue weighted by molar-refractivity contribution is 0.0858. The van der Waals surface area contributed by atoms with Crippen LogP contribution in [0.3, 0.4) is 0 Å². The Labute approximate surface area is 195 Å². The monoisotopic (exact) mass is 466 g/mol. The first-order valence-electron chi connectivity index (χ1n) is 11.5. The van der Waals surface area contributed by atoms with Crippen molar-refractivity contribution in [2.75, 3.05) is 18.5 Å². The van der Waals surface area contributed by atoms with Crippen molar-refractivity contribution in [3.63, 3.8) is 0 Å². The fraction of sp³-hybridized carbons (Fsp3) is 0.400. The number of aryl methyl sites for hydroxylation is 2. The maximum absolute atomic E-state index is 13.1. The molecule has 33 heavy (non-hydrogen) atoms. The number of carbonyl (C=O) groups excluding carboxylic acids is 2. The van der Waals surface area contributed by atoms with Crippen LogP contribution in [0.5, 0.6) is 0 Å². The van der Waals surface area contributed by atoms with Gasteiger partial charge in [0.25, 0.3) is 11.8 Å². The van der Waals surface area contributed by atoms with Crippen LogP contribution in [0.1, 0.15) is 63.1 Å². The molecular weight excluding hydrogens is 440 g/mol. The Balaban J connectivity index is 1.40. The summed E-state index contributed by atoms with van der Waals surface area (Å²) in [7, 11) is 0. The Morgan fingerprint density at radius 3 is 2.82 bits per heavy atom. The second-order valence-corrected chi connectivity index (χ2v) is 9.62. The molecule has 1 saturated heterocycles. The minimum atomic E-state index is -0.540. The number of nitrogens with one attached hydrogen (secondary N) is 2. The van der Waals surface area contributed by atoms with Gasteiger partial charge in [-0.05, 0) is 61.8 Å². The number of thiophene rings is 1. The number of fused-ring (bicyclic) bond motifs is 2. The van der Waals surface area contributed by atoms with E-state index in [0.29, 0.717) is 28.1 Å². The normalized spacial score (nSPS) is 17.3. The number of benzene rings is 1. The molecule has 1 aliphatic heterocycles. The van der Waals surface area contributed by atoms with Crippen molar-refractivity contribution in [1.29, 1.82) is 0 Å². The van der Waals surface area contributed by atoms with Gasteiger partial charge in [-0.15, -0.1) is 11.3 Å². The molecule has 3 heterocycles. The van der Waals surface area contributed by atoms with Crippen molar-refractivity contribution >= 4 is 39.1 Å². The molecule has 0 bridgehead atoms. The van der Waals surface area contributed by atoms with Crippen molar-refractivity contribution in [2.24, 2.45) is 0 Å². The summed E-state index contributed by atoms with van der Waals surface area (Å²) < 4.78 is 11.3. The van der Waals surface area contributed by atoms with E-state index in [2.05, 4.69) is 10.6 Å². The summed E-state index contributed by atoms with van der Waals surface area (Å²) in [5, 5.41) is 6.76. The minimum absolute atomic E-state index is 0.0405. The highest BCUT2D eigenvalue weighted by Gasteiger charge is 2.29. The molecule has 2 N–H and O–H groups in total. The summed E-state index contributed by atoms with van der Waals surface area (Å²) in [6.07, 6.45) is 5.50. The van der Waals surface area contributed by atoms with Crippen molar-refractivity contribution in [1.82, 2.24) is 5.32 Å². The number of amides is 2. The fourth-order valence-electron chi connectivity index (χ4n) is 4.53. The van der Waals surface area contributed by atoms with Crippen LogP contribution in [0.4, 0.5) is 5.00 Å². The second-order valence-electron chi connectivity index (χ2n) is 8.52. The van der Waals surface area contributed by atoms with Gasteiger partial charge < -0.3 is 19.8 Å². The lowest BCUT2D eigenvalue weighted by Gasteiger charge is -2.12. The molecule has 2 aliphatic rings. The average Bonchev–Trinajstić information content (AvgIpc) is 3.55. The van der Waals surface area contributed by atoms with Crippen molar-refractivity contribution in [3.05, 3.63) is 61.8 Å². The van der Waals surface area contributed by atoms with Gasteiger partial charge in [-0.2, -0.15) is 0 Å². The topological polar surface area (TPSA) is 97.6 Å². The van der Waals surface area contributed by atoms with E-state index in [1.165, 1.54) is 17.4 Å². The van der Waals surface area contributed by atoms with Gasteiger partial charge in [-0.3, -0.25) is 14.4 Å². The molecule has 5 rings (SSSR count). The summed E-state index contributed by atoms with van der Waals surface area (Å²) in [5.74, 6) is -0.815. The van der Waals surface area contributed by atoms with E-state index in [0.717, 1.165) is 61.1 Å². The van der Waals surface area contributed by atoms with Gasteiger partial charge in [0, 0.05) is 24.1 Å². The maximum atomic E-state index is 13.1. The zero-order valence-electron chi connectivity index (χ0n) is 18.5. The van der Waals surface area contributed by atoms with Gasteiger partial charge >= 0.3 is 0 Å². The molecule has 7 nitrogen and oxygen atoms in total. The van der Waals surface area contributed by atoms with Crippen LogP contribution in [-0.2, 0) is 24.0 Å². The third-order valence-corrected chi connectivity index (χ3v) is 7.52. The van der Waals surface area contributed by atoms with Crippen LogP contribution in [0.15, 0.2) is 33.5 Å². The summed E-state index contributed by atoms with van der Waals surface area (Å²) in [5.41, 5.74) is 2.66. The van der Waals surface area contributed by atoms with E-state index >= 15 is 0 Å². The smallest absolute Gasteiger partial charge is 0.292 e. The van der Waals surface area contributed by atoms with E-state index in [1.54, 1.807) is 12.1 Å². The Morgan fingerprint density at radius 1 is 1.15 bits per heavy atom. The minimum Gasteiger partial charge on any atom is -0.451 e. The molecule has 1 fully saturated rings. The molecule has 0 radical (unpaired) electrons. The molecule has 8 heteroatoms. The molecule has 3 aromatic rings. The fourth-order valence-corrected chi connectivity index (χ4v) is 5.81. The van der Waals surface area contributed by atoms with Crippen LogP contribution in [0.2, 0.25) is 0 Å². The first kappa shape index (κ1) is 21.9. The Kier molecular flexibility index (Phi) is 6.03. The Hall–Kier alpha value is -2.97. The zero-order valence-corrected chi connectivity index (χ0v) is 19.3. The summed E-state index contributed by atoms with van der Waals surface area (Å²) >= 11 is 1.43. The highest BCUT2D eigenvalue weighted by atomic mass is 32.1. The highest BCUT2D eigenvalue weighted by molar-refractivity contribution is 7.17. The van der Waals surface area contributed by atoms with Gasteiger partial charge in [0.05, 0.1) is 17.1 Å². The highest BCUT2D eigenvalue weighted by Crippen LogP contribution is 2.39. The van der Waals surface area contributed by atoms with Gasteiger partial charge in [0.15, 0.2) is 11.2 Å². The third-order valence-electron chi connectivity index (χ3n) is 6.31. The molecule has 172 valence electrons. The molecule has 0 unspecified atom stereocenters. The van der Waals surface area contributed by atoms with Crippen molar-refractivity contribution in [3.8, 4) is 0 Å². The zero-order chi connectivity index (χ0) is 22.9. The maximum Gasteiger partial charge on any atom is 0.292 e. The number of ether oxygens (including phenoxy) is 1. The van der Waals surface area contributed by atoms with Crippen molar-refractivity contribution in [2.45, 2.75) is 51.6 Å². The SMILES string of the molecule is CCc1ccc2oc(C(=O)Nc3sc4c(c3C(=O)NC[C@H]3CCCO3)CCC4)cc(=O)c2c1. The van der Waals surface area contributed by atoms with E-state index in [1.807, 2.05) is 13.0 Å². The standard InChI is InChI=1S/C25H26N2O5S/c1-2-14-8-9-19-17(11-14)18(28)12-20(32-19)23(29)27-25-22(16-6-3-7-21(16)33-25)24(30)26-13-15-5-4-10-31-15/h8-9,11-12,15H,2-7,10,13H2,1H3,(H,26,30)(H,27,29)/t15-/m1/s1. The lowest BCUT2D eigenvalue weighted by Crippen LogP contribution is -2.32. The molecule has 1 aromatic carbocycles. The van der Waals surface area contributed by atoms with Crippen LogP contribution in [-0.4, -0.2) is 31.1 Å². The van der Waals surface area contributed by atoms with Crippen LogP contribution >= 0.6 is 11.3 Å². The lowest BCUT2D eigenvalue weighted by atomic mass is 10.1. The molecule has 1 atom stereocenters. The van der Waals surface area contributed by atoms with Crippen LogP contribution in [0, 0.1) is 0 Å². The van der Waals surface area contributed by atoms with Gasteiger partial charge in [-0.25, -0.2) is 0 Å². The second kappa shape index (κ2) is 9.11. The Bertz CT molecular complexity index is 1290. The van der Waals surface area contributed by atoms with E-state index < -0.39 is 5.91 Å². The first-order valence-corrected chi connectivity index (χ1v) is 12.3. The number of rotatable bonds is 6. The number of anilines is 1. The van der Waals surface area contributed by atoms with Gasteiger partial charge in [0.1, 0.15) is 10.6 Å². The number of hydrogen-bond acceptors (Lipinski definition) is 6. The predicted molar refractivity (Wildman–Crippen MR) is 127 cm³/mol. The van der Waals surface area contributed by atoms with Gasteiger partial charge in [0.2, 0.25) is 0 Å². The first-order chi connectivity index (χ1) is 16.0. The van der Waals surface area contributed by atoms with Crippen LogP contribution in [0.25, 0.3) is 11.0 Å². The molecule has 2 amide bonds. The summed E-state index contributed by atoms with van der Waals surface area (Å²) in [6.45, 7) is 3.19. The number of carbonyl (C=O) groups is 2. The van der Waals surface area contributed by atoms with E-state index in [9.17, 15) is 14.4 Å². The summed E-state index contributed by atoms with van der Waals surface area (Å²) in [6, 6.07) is 6.61.